The van der Waals surface area contributed by atoms with E-state index in [9.17, 15) is 0 Å². The zero-order valence-electron chi connectivity index (χ0n) is 15.0. The number of halogens is 1. The molecule has 1 fully saturated rings. The third kappa shape index (κ3) is 6.03. The van der Waals surface area contributed by atoms with E-state index in [1.165, 1.54) is 12.8 Å². The van der Waals surface area contributed by atoms with Gasteiger partial charge in [-0.2, -0.15) is 0 Å². The molecule has 0 atom stereocenters. The van der Waals surface area contributed by atoms with Crippen LogP contribution in [0.3, 0.4) is 0 Å². The van der Waals surface area contributed by atoms with Crippen molar-refractivity contribution in [2.24, 2.45) is 4.99 Å². The molecule has 0 aliphatic carbocycles. The number of hydrogen-bond donors (Lipinski definition) is 1. The van der Waals surface area contributed by atoms with Gasteiger partial charge in [0.1, 0.15) is 0 Å². The number of guanidine groups is 1. The van der Waals surface area contributed by atoms with Crippen molar-refractivity contribution in [2.45, 2.75) is 39.7 Å². The van der Waals surface area contributed by atoms with E-state index in [1.54, 1.807) is 7.11 Å². The predicted octanol–water partition coefficient (Wildman–Crippen LogP) is 3.66. The molecule has 0 amide bonds. The van der Waals surface area contributed by atoms with Crippen LogP contribution >= 0.6 is 24.0 Å². The van der Waals surface area contributed by atoms with Crippen LogP contribution in [0.4, 0.5) is 0 Å². The summed E-state index contributed by atoms with van der Waals surface area (Å²) in [6.07, 6.45) is 3.49. The van der Waals surface area contributed by atoms with E-state index >= 15 is 0 Å². The molecule has 1 aliphatic rings. The lowest BCUT2D eigenvalue weighted by Gasteiger charge is -2.20. The molecule has 1 aromatic rings. The number of nitrogens with one attached hydrogen (secondary N) is 1. The minimum Gasteiger partial charge on any atom is -0.493 e. The second-order valence-corrected chi connectivity index (χ2v) is 5.70. The monoisotopic (exact) mass is 447 g/mol. The van der Waals surface area contributed by atoms with Crippen LogP contribution in [-0.2, 0) is 6.54 Å². The van der Waals surface area contributed by atoms with Gasteiger partial charge in [0.2, 0.25) is 0 Å². The number of likely N-dealkylation sites (tertiary alicyclic amines) is 1. The molecule has 6 heteroatoms. The summed E-state index contributed by atoms with van der Waals surface area (Å²) in [5.74, 6) is 2.58. The smallest absolute Gasteiger partial charge is 0.194 e. The number of hydrogen-bond acceptors (Lipinski definition) is 3. The van der Waals surface area contributed by atoms with Gasteiger partial charge in [0.05, 0.1) is 20.3 Å². The molecule has 0 unspecified atom stereocenters. The van der Waals surface area contributed by atoms with Crippen molar-refractivity contribution in [3.63, 3.8) is 0 Å². The Bertz CT molecular complexity index is 517. The highest BCUT2D eigenvalue weighted by atomic mass is 127. The summed E-state index contributed by atoms with van der Waals surface area (Å²) in [5, 5.41) is 3.38. The van der Waals surface area contributed by atoms with Gasteiger partial charge in [0.25, 0.3) is 0 Å². The fraction of sp³-hybridized carbons (Fsp3) is 0.611. The third-order valence-electron chi connectivity index (χ3n) is 3.84. The lowest BCUT2D eigenvalue weighted by molar-refractivity contribution is 0.294. The fourth-order valence-electron chi connectivity index (χ4n) is 2.66. The second kappa shape index (κ2) is 11.4. The average molecular weight is 447 g/mol. The van der Waals surface area contributed by atoms with Crippen LogP contribution in [0, 0.1) is 0 Å². The molecule has 1 heterocycles. The zero-order valence-corrected chi connectivity index (χ0v) is 17.3. The topological polar surface area (TPSA) is 46.1 Å². The van der Waals surface area contributed by atoms with E-state index in [0.29, 0.717) is 13.2 Å². The molecule has 136 valence electrons. The molecular formula is C18H30IN3O2. The van der Waals surface area contributed by atoms with Crippen LogP contribution in [0.25, 0.3) is 0 Å². The van der Waals surface area contributed by atoms with Crippen molar-refractivity contribution in [3.8, 4) is 11.5 Å². The van der Waals surface area contributed by atoms with Crippen LogP contribution in [0.5, 0.6) is 11.5 Å². The molecule has 1 aromatic carbocycles. The van der Waals surface area contributed by atoms with Crippen molar-refractivity contribution in [1.82, 2.24) is 10.2 Å². The van der Waals surface area contributed by atoms with Gasteiger partial charge in [-0.15, -0.1) is 24.0 Å². The van der Waals surface area contributed by atoms with Crippen molar-refractivity contribution in [2.75, 3.05) is 33.4 Å². The number of rotatable bonds is 7. The Morgan fingerprint density at radius 2 is 1.96 bits per heavy atom. The molecular weight excluding hydrogens is 417 g/mol. The van der Waals surface area contributed by atoms with Crippen LogP contribution in [0.15, 0.2) is 23.2 Å². The number of nitrogens with zero attached hydrogens (tertiary/aromatic N) is 2. The van der Waals surface area contributed by atoms with Crippen LogP contribution in [-0.4, -0.2) is 44.2 Å². The Morgan fingerprint density at radius 3 is 2.58 bits per heavy atom. The first-order chi connectivity index (χ1) is 11.3. The van der Waals surface area contributed by atoms with E-state index < -0.39 is 0 Å². The summed E-state index contributed by atoms with van der Waals surface area (Å²) in [4.78, 5) is 7.10. The molecule has 1 N–H and O–H groups in total. The van der Waals surface area contributed by atoms with E-state index in [0.717, 1.165) is 49.1 Å². The van der Waals surface area contributed by atoms with Gasteiger partial charge in [-0.25, -0.2) is 4.99 Å². The van der Waals surface area contributed by atoms with E-state index in [1.807, 2.05) is 12.1 Å². The van der Waals surface area contributed by atoms with Gasteiger partial charge in [0, 0.05) is 19.6 Å². The Hall–Kier alpha value is -1.18. The summed E-state index contributed by atoms with van der Waals surface area (Å²) >= 11 is 0. The largest absolute Gasteiger partial charge is 0.493 e. The molecule has 0 bridgehead atoms. The summed E-state index contributed by atoms with van der Waals surface area (Å²) in [6.45, 7) is 8.63. The first kappa shape index (κ1) is 20.9. The summed E-state index contributed by atoms with van der Waals surface area (Å²) in [7, 11) is 1.68. The molecule has 2 rings (SSSR count). The minimum absolute atomic E-state index is 0. The number of aliphatic imine (C=N–C) groups is 1. The minimum atomic E-state index is 0. The maximum atomic E-state index is 5.70. The standard InChI is InChI=1S/C18H29N3O2.HI/c1-4-12-23-16-9-8-15(13-17(16)22-3)14-20-18(19-5-2)21-10-6-7-11-21;/h8-9,13H,4-7,10-12,14H2,1-3H3,(H,19,20);1H. The maximum absolute atomic E-state index is 5.70. The van der Waals surface area contributed by atoms with Gasteiger partial charge in [0.15, 0.2) is 17.5 Å². The maximum Gasteiger partial charge on any atom is 0.194 e. The number of benzene rings is 1. The lowest BCUT2D eigenvalue weighted by Crippen LogP contribution is -2.39. The third-order valence-corrected chi connectivity index (χ3v) is 3.84. The van der Waals surface area contributed by atoms with Crippen LogP contribution in [0.2, 0.25) is 0 Å². The lowest BCUT2D eigenvalue weighted by atomic mass is 10.2. The van der Waals surface area contributed by atoms with Crippen molar-refractivity contribution in [1.29, 1.82) is 0 Å². The molecule has 0 saturated carbocycles. The highest BCUT2D eigenvalue weighted by Gasteiger charge is 2.15. The van der Waals surface area contributed by atoms with Gasteiger partial charge in [-0.1, -0.05) is 13.0 Å². The molecule has 0 aromatic heterocycles. The summed E-state index contributed by atoms with van der Waals surface area (Å²) < 4.78 is 11.1. The van der Waals surface area contributed by atoms with Gasteiger partial charge < -0.3 is 19.7 Å². The Labute approximate surface area is 162 Å². The quantitative estimate of drug-likeness (QED) is 0.394. The molecule has 0 radical (unpaired) electrons. The van der Waals surface area contributed by atoms with E-state index in [-0.39, 0.29) is 24.0 Å². The van der Waals surface area contributed by atoms with E-state index in [4.69, 9.17) is 14.5 Å². The molecule has 5 nitrogen and oxygen atoms in total. The van der Waals surface area contributed by atoms with Crippen molar-refractivity contribution >= 4 is 29.9 Å². The highest BCUT2D eigenvalue weighted by Crippen LogP contribution is 2.28. The zero-order chi connectivity index (χ0) is 16.5. The summed E-state index contributed by atoms with van der Waals surface area (Å²) in [5.41, 5.74) is 1.13. The first-order valence-corrected chi connectivity index (χ1v) is 8.61. The second-order valence-electron chi connectivity index (χ2n) is 5.70. The number of methoxy groups -OCH3 is 1. The molecule has 0 spiro atoms. The van der Waals surface area contributed by atoms with Crippen molar-refractivity contribution < 1.29 is 9.47 Å². The van der Waals surface area contributed by atoms with E-state index in [2.05, 4.69) is 30.1 Å². The Morgan fingerprint density at radius 1 is 1.21 bits per heavy atom. The van der Waals surface area contributed by atoms with Crippen LogP contribution in [0.1, 0.15) is 38.7 Å². The Kier molecular flexibility index (Phi) is 9.90. The molecule has 1 aliphatic heterocycles. The first-order valence-electron chi connectivity index (χ1n) is 8.61. The number of ether oxygens (including phenoxy) is 2. The van der Waals surface area contributed by atoms with Crippen LogP contribution < -0.4 is 14.8 Å². The van der Waals surface area contributed by atoms with Crippen molar-refractivity contribution in [3.05, 3.63) is 23.8 Å². The normalized spacial score (nSPS) is 14.3. The van der Waals surface area contributed by atoms with Gasteiger partial charge in [-0.05, 0) is 43.9 Å². The fourth-order valence-corrected chi connectivity index (χ4v) is 2.66. The van der Waals surface area contributed by atoms with Gasteiger partial charge >= 0.3 is 0 Å². The Balaban J connectivity index is 0.00000288. The molecule has 24 heavy (non-hydrogen) atoms. The SMILES string of the molecule is CCCOc1ccc(CN=C(NCC)N2CCCC2)cc1OC.I. The predicted molar refractivity (Wildman–Crippen MR) is 110 cm³/mol. The highest BCUT2D eigenvalue weighted by molar-refractivity contribution is 14.0. The summed E-state index contributed by atoms with van der Waals surface area (Å²) in [6, 6.07) is 6.05. The van der Waals surface area contributed by atoms with Gasteiger partial charge in [-0.3, -0.25) is 0 Å². The molecule has 1 saturated heterocycles. The average Bonchev–Trinajstić information content (AvgIpc) is 3.11.